The first-order valence-electron chi connectivity index (χ1n) is 5.85. The Hall–Kier alpha value is -1.16. The van der Waals surface area contributed by atoms with Crippen LogP contribution in [0.25, 0.3) is 0 Å². The number of hydrogen-bond acceptors (Lipinski definition) is 3. The second-order valence-corrected chi connectivity index (χ2v) is 5.24. The Bertz CT molecular complexity index is 450. The van der Waals surface area contributed by atoms with E-state index < -0.39 is 0 Å². The molecule has 2 aromatic rings. The van der Waals surface area contributed by atoms with Crippen LogP contribution in [0.5, 0.6) is 0 Å². The predicted molar refractivity (Wildman–Crippen MR) is 70.3 cm³/mol. The minimum Gasteiger partial charge on any atom is -0.378 e. The van der Waals surface area contributed by atoms with E-state index in [1.165, 1.54) is 10.4 Å². The fourth-order valence-corrected chi connectivity index (χ4v) is 2.82. The van der Waals surface area contributed by atoms with Crippen LogP contribution in [-0.4, -0.2) is 19.3 Å². The van der Waals surface area contributed by atoms with Crippen molar-refractivity contribution in [3.05, 3.63) is 58.3 Å². The van der Waals surface area contributed by atoms with E-state index in [9.17, 15) is 0 Å². The molecule has 3 heteroatoms. The zero-order valence-corrected chi connectivity index (χ0v) is 10.3. The highest BCUT2D eigenvalue weighted by molar-refractivity contribution is 7.10. The van der Waals surface area contributed by atoms with E-state index in [0.717, 1.165) is 13.2 Å². The van der Waals surface area contributed by atoms with Crippen molar-refractivity contribution in [3.8, 4) is 0 Å². The van der Waals surface area contributed by atoms with Crippen LogP contribution < -0.4 is 5.32 Å². The van der Waals surface area contributed by atoms with Crippen molar-refractivity contribution in [1.82, 2.24) is 5.32 Å². The molecule has 1 fully saturated rings. The number of hydrogen-bond donors (Lipinski definition) is 1. The Morgan fingerprint density at radius 1 is 1.12 bits per heavy atom. The minimum absolute atomic E-state index is 0.296. The Morgan fingerprint density at radius 3 is 2.53 bits per heavy atom. The van der Waals surface area contributed by atoms with Gasteiger partial charge < -0.3 is 4.74 Å². The number of thiophene rings is 1. The van der Waals surface area contributed by atoms with Gasteiger partial charge in [0.15, 0.2) is 0 Å². The molecule has 1 aliphatic heterocycles. The molecule has 0 aliphatic carbocycles. The number of benzene rings is 1. The largest absolute Gasteiger partial charge is 0.378 e. The molecule has 0 spiro atoms. The van der Waals surface area contributed by atoms with Gasteiger partial charge in [-0.1, -0.05) is 36.4 Å². The topological polar surface area (TPSA) is 21.3 Å². The molecule has 1 aromatic heterocycles. The van der Waals surface area contributed by atoms with Gasteiger partial charge in [-0.3, -0.25) is 5.32 Å². The molecule has 1 atom stereocenters. The predicted octanol–water partition coefficient (Wildman–Crippen LogP) is 2.83. The molecular weight excluding hydrogens is 230 g/mol. The molecule has 1 aliphatic rings. The molecule has 0 bridgehead atoms. The normalized spacial score (nSPS) is 17.6. The van der Waals surface area contributed by atoms with Crippen molar-refractivity contribution in [2.24, 2.45) is 0 Å². The minimum atomic E-state index is 0.296. The average Bonchev–Trinajstić information content (AvgIpc) is 2.82. The molecule has 0 amide bonds. The number of ether oxygens (including phenoxy) is 1. The van der Waals surface area contributed by atoms with Gasteiger partial charge in [-0.15, -0.1) is 11.3 Å². The van der Waals surface area contributed by atoms with E-state index in [-0.39, 0.29) is 0 Å². The van der Waals surface area contributed by atoms with Gasteiger partial charge in [0.25, 0.3) is 0 Å². The summed E-state index contributed by atoms with van der Waals surface area (Å²) in [4.78, 5) is 1.36. The second kappa shape index (κ2) is 5.00. The van der Waals surface area contributed by atoms with Gasteiger partial charge in [0, 0.05) is 4.88 Å². The van der Waals surface area contributed by atoms with Crippen molar-refractivity contribution in [3.63, 3.8) is 0 Å². The van der Waals surface area contributed by atoms with Crippen LogP contribution in [0.1, 0.15) is 16.5 Å². The third-order valence-corrected chi connectivity index (χ3v) is 3.94. The van der Waals surface area contributed by atoms with Gasteiger partial charge >= 0.3 is 0 Å². The lowest BCUT2D eigenvalue weighted by Crippen LogP contribution is -2.47. The van der Waals surface area contributed by atoms with E-state index in [1.54, 1.807) is 11.3 Å². The van der Waals surface area contributed by atoms with Gasteiger partial charge in [-0.25, -0.2) is 0 Å². The Balaban J connectivity index is 1.85. The van der Waals surface area contributed by atoms with Crippen LogP contribution in [0, 0.1) is 0 Å². The van der Waals surface area contributed by atoms with Crippen LogP contribution in [0.15, 0.2) is 47.8 Å². The maximum atomic E-state index is 5.23. The summed E-state index contributed by atoms with van der Waals surface area (Å²) in [5.74, 6) is 0. The molecule has 1 N–H and O–H groups in total. The fraction of sp³-hybridized carbons (Fsp3) is 0.286. The molecule has 2 nitrogen and oxygen atoms in total. The summed E-state index contributed by atoms with van der Waals surface area (Å²) < 4.78 is 5.23. The summed E-state index contributed by atoms with van der Waals surface area (Å²) in [5.41, 5.74) is 1.32. The Kier molecular flexibility index (Phi) is 3.22. The van der Waals surface area contributed by atoms with Crippen LogP contribution in [0.3, 0.4) is 0 Å². The lowest BCUT2D eigenvalue weighted by atomic mass is 10.0. The molecule has 2 heterocycles. The maximum absolute atomic E-state index is 5.23. The SMILES string of the molecule is c1ccc(C(NC2COC2)c2cccs2)cc1. The summed E-state index contributed by atoms with van der Waals surface area (Å²) in [7, 11) is 0. The van der Waals surface area contributed by atoms with Crippen molar-refractivity contribution < 1.29 is 4.74 Å². The van der Waals surface area contributed by atoms with E-state index in [0.29, 0.717) is 12.1 Å². The summed E-state index contributed by atoms with van der Waals surface area (Å²) >= 11 is 1.80. The zero-order chi connectivity index (χ0) is 11.5. The summed E-state index contributed by atoms with van der Waals surface area (Å²) in [6.45, 7) is 1.66. The van der Waals surface area contributed by atoms with Gasteiger partial charge in [0.1, 0.15) is 0 Å². The highest BCUT2D eigenvalue weighted by Crippen LogP contribution is 2.27. The highest BCUT2D eigenvalue weighted by atomic mass is 32.1. The van der Waals surface area contributed by atoms with E-state index >= 15 is 0 Å². The molecule has 1 unspecified atom stereocenters. The maximum Gasteiger partial charge on any atom is 0.0674 e. The van der Waals surface area contributed by atoms with E-state index in [4.69, 9.17) is 4.74 Å². The zero-order valence-electron chi connectivity index (χ0n) is 9.50. The second-order valence-electron chi connectivity index (χ2n) is 4.26. The molecule has 0 radical (unpaired) electrons. The molecule has 1 aromatic carbocycles. The van der Waals surface area contributed by atoms with Crippen LogP contribution in [-0.2, 0) is 4.74 Å². The van der Waals surface area contributed by atoms with Crippen LogP contribution >= 0.6 is 11.3 Å². The van der Waals surface area contributed by atoms with Crippen molar-refractivity contribution in [2.75, 3.05) is 13.2 Å². The van der Waals surface area contributed by atoms with Gasteiger partial charge in [0.05, 0.1) is 25.3 Å². The molecule has 3 rings (SSSR count). The Morgan fingerprint density at radius 2 is 1.94 bits per heavy atom. The van der Waals surface area contributed by atoms with Crippen molar-refractivity contribution in [1.29, 1.82) is 0 Å². The van der Waals surface area contributed by atoms with Crippen LogP contribution in [0.2, 0.25) is 0 Å². The smallest absolute Gasteiger partial charge is 0.0674 e. The summed E-state index contributed by atoms with van der Waals surface area (Å²) in [5, 5.41) is 5.79. The molecule has 1 saturated heterocycles. The lowest BCUT2D eigenvalue weighted by Gasteiger charge is -2.31. The van der Waals surface area contributed by atoms with Gasteiger partial charge in [-0.2, -0.15) is 0 Å². The van der Waals surface area contributed by atoms with Gasteiger partial charge in [0.2, 0.25) is 0 Å². The number of nitrogens with one attached hydrogen (secondary N) is 1. The quantitative estimate of drug-likeness (QED) is 0.894. The average molecular weight is 245 g/mol. The monoisotopic (exact) mass is 245 g/mol. The molecule has 17 heavy (non-hydrogen) atoms. The van der Waals surface area contributed by atoms with Crippen molar-refractivity contribution in [2.45, 2.75) is 12.1 Å². The standard InChI is InChI=1S/C14H15NOS/c1-2-5-11(6-3-1)14(13-7-4-8-17-13)15-12-9-16-10-12/h1-8,12,14-15H,9-10H2. The van der Waals surface area contributed by atoms with Crippen molar-refractivity contribution >= 4 is 11.3 Å². The summed E-state index contributed by atoms with van der Waals surface area (Å²) in [6.07, 6.45) is 0. The van der Waals surface area contributed by atoms with Gasteiger partial charge in [-0.05, 0) is 17.0 Å². The summed E-state index contributed by atoms with van der Waals surface area (Å²) in [6, 6.07) is 15.7. The molecular formula is C14H15NOS. The highest BCUT2D eigenvalue weighted by Gasteiger charge is 2.24. The first-order chi connectivity index (χ1) is 8.43. The molecule has 0 saturated carbocycles. The third-order valence-electron chi connectivity index (χ3n) is 3.00. The van der Waals surface area contributed by atoms with E-state index in [1.807, 2.05) is 0 Å². The molecule has 88 valence electrons. The third kappa shape index (κ3) is 2.41. The Labute approximate surface area is 105 Å². The first kappa shape index (κ1) is 11.0. The fourth-order valence-electron chi connectivity index (χ4n) is 2.01. The number of rotatable bonds is 4. The van der Waals surface area contributed by atoms with Crippen LogP contribution in [0.4, 0.5) is 0 Å². The lowest BCUT2D eigenvalue weighted by molar-refractivity contribution is -0.00812. The first-order valence-corrected chi connectivity index (χ1v) is 6.73. The van der Waals surface area contributed by atoms with E-state index in [2.05, 4.69) is 53.2 Å².